The number of halogens is 2. The number of rotatable bonds is 4. The molecule has 2 aromatic rings. The van der Waals surface area contributed by atoms with Crippen molar-refractivity contribution >= 4 is 16.0 Å². The van der Waals surface area contributed by atoms with Crippen LogP contribution in [0.5, 0.6) is 5.75 Å². The maximum atomic E-state index is 14.5. The molecule has 2 aliphatic heterocycles. The fourth-order valence-corrected chi connectivity index (χ4v) is 5.02. The molecule has 0 bridgehead atoms. The standard InChI is InChI=1S/C20H22F2N4O3S/c1-11-6-8-26(11)19-23-17(14-5-7-20(21,22)18(14)24-19)12-3-4-13-15(25-30(2,27)28)10-29-16(13)9-12/h3-4,9,11,15,25H,5-8,10H2,1-2H3/t11-,15?/m0/s1. The van der Waals surface area contributed by atoms with E-state index in [1.807, 2.05) is 11.8 Å². The summed E-state index contributed by atoms with van der Waals surface area (Å²) in [6, 6.07) is 5.06. The molecule has 1 aromatic heterocycles. The number of alkyl halides is 2. The van der Waals surface area contributed by atoms with E-state index in [0.717, 1.165) is 24.8 Å². The molecule has 30 heavy (non-hydrogen) atoms. The number of hydrogen-bond acceptors (Lipinski definition) is 6. The highest BCUT2D eigenvalue weighted by Gasteiger charge is 2.44. The molecule has 3 heterocycles. The van der Waals surface area contributed by atoms with Crippen LogP contribution >= 0.6 is 0 Å². The van der Waals surface area contributed by atoms with Crippen LogP contribution in [0, 0.1) is 0 Å². The molecule has 0 spiro atoms. The highest BCUT2D eigenvalue weighted by Crippen LogP contribution is 2.46. The van der Waals surface area contributed by atoms with Crippen molar-refractivity contribution in [3.8, 4) is 17.0 Å². The lowest BCUT2D eigenvalue weighted by atomic mass is 10.0. The summed E-state index contributed by atoms with van der Waals surface area (Å²) in [5, 5.41) is 0. The minimum Gasteiger partial charge on any atom is -0.491 e. The van der Waals surface area contributed by atoms with Crippen LogP contribution in [0.3, 0.4) is 0 Å². The smallest absolute Gasteiger partial charge is 0.290 e. The quantitative estimate of drug-likeness (QED) is 0.794. The van der Waals surface area contributed by atoms with Gasteiger partial charge in [0.15, 0.2) is 0 Å². The summed E-state index contributed by atoms with van der Waals surface area (Å²) in [6.07, 6.45) is 2.02. The number of ether oxygens (including phenoxy) is 1. The van der Waals surface area contributed by atoms with Gasteiger partial charge in [0.1, 0.15) is 18.1 Å². The Morgan fingerprint density at radius 2 is 2.10 bits per heavy atom. The molecule has 1 saturated heterocycles. The van der Waals surface area contributed by atoms with Gasteiger partial charge in [0.25, 0.3) is 5.92 Å². The molecule has 0 radical (unpaired) electrons. The summed E-state index contributed by atoms with van der Waals surface area (Å²) >= 11 is 0. The molecular formula is C20H22F2N4O3S. The number of aromatic nitrogens is 2. The number of sulfonamides is 1. The second-order valence-electron chi connectivity index (χ2n) is 8.24. The van der Waals surface area contributed by atoms with E-state index in [4.69, 9.17) is 4.74 Å². The van der Waals surface area contributed by atoms with Crippen LogP contribution in [0.25, 0.3) is 11.3 Å². The zero-order valence-corrected chi connectivity index (χ0v) is 17.5. The van der Waals surface area contributed by atoms with Crippen molar-refractivity contribution in [2.75, 3.05) is 24.3 Å². The van der Waals surface area contributed by atoms with Crippen LogP contribution in [0.15, 0.2) is 18.2 Å². The third-order valence-corrected chi connectivity index (χ3v) is 6.74. The van der Waals surface area contributed by atoms with E-state index < -0.39 is 22.0 Å². The molecule has 2 atom stereocenters. The Balaban J connectivity index is 1.58. The number of fused-ring (bicyclic) bond motifs is 2. The molecule has 160 valence electrons. The van der Waals surface area contributed by atoms with E-state index in [0.29, 0.717) is 28.5 Å². The summed E-state index contributed by atoms with van der Waals surface area (Å²) < 4.78 is 60.4. The van der Waals surface area contributed by atoms with Gasteiger partial charge in [-0.25, -0.2) is 23.1 Å². The van der Waals surface area contributed by atoms with Crippen molar-refractivity contribution in [1.29, 1.82) is 0 Å². The van der Waals surface area contributed by atoms with Gasteiger partial charge < -0.3 is 9.64 Å². The molecular weight excluding hydrogens is 414 g/mol. The zero-order valence-electron chi connectivity index (χ0n) is 16.7. The van der Waals surface area contributed by atoms with E-state index in [9.17, 15) is 17.2 Å². The lowest BCUT2D eigenvalue weighted by molar-refractivity contribution is -0.00595. The SMILES string of the molecule is C[C@H]1CCN1c1nc(-c2ccc3c(c2)OCC3NS(C)(=O)=O)c2c(n1)C(F)(F)CC2. The fourth-order valence-electron chi connectivity index (χ4n) is 4.31. The van der Waals surface area contributed by atoms with E-state index >= 15 is 0 Å². The average Bonchev–Trinajstić information content (AvgIpc) is 3.19. The van der Waals surface area contributed by atoms with Gasteiger partial charge in [0, 0.05) is 35.7 Å². The normalized spacial score (nSPS) is 24.2. The first-order chi connectivity index (χ1) is 14.1. The van der Waals surface area contributed by atoms with Crippen molar-refractivity contribution in [3.63, 3.8) is 0 Å². The maximum absolute atomic E-state index is 14.5. The van der Waals surface area contributed by atoms with Gasteiger partial charge in [-0.05, 0) is 25.8 Å². The van der Waals surface area contributed by atoms with E-state index in [-0.39, 0.29) is 31.2 Å². The minimum absolute atomic E-state index is 0.181. The van der Waals surface area contributed by atoms with Gasteiger partial charge in [-0.3, -0.25) is 0 Å². The van der Waals surface area contributed by atoms with Crippen LogP contribution in [0.1, 0.15) is 42.6 Å². The molecule has 1 fully saturated rings. The van der Waals surface area contributed by atoms with Crippen LogP contribution in [-0.4, -0.2) is 43.8 Å². The topological polar surface area (TPSA) is 84.4 Å². The summed E-state index contributed by atoms with van der Waals surface area (Å²) in [4.78, 5) is 10.9. The van der Waals surface area contributed by atoms with Gasteiger partial charge in [-0.15, -0.1) is 0 Å². The Hall–Kier alpha value is -2.33. The van der Waals surface area contributed by atoms with Crippen molar-refractivity contribution in [3.05, 3.63) is 35.0 Å². The third-order valence-electron chi connectivity index (χ3n) is 6.03. The van der Waals surface area contributed by atoms with Crippen molar-refractivity contribution < 1.29 is 21.9 Å². The van der Waals surface area contributed by atoms with Gasteiger partial charge in [-0.1, -0.05) is 12.1 Å². The van der Waals surface area contributed by atoms with Crippen molar-refractivity contribution in [1.82, 2.24) is 14.7 Å². The third kappa shape index (κ3) is 3.22. The number of anilines is 1. The van der Waals surface area contributed by atoms with Crippen molar-refractivity contribution in [2.24, 2.45) is 0 Å². The average molecular weight is 436 g/mol. The first-order valence-electron chi connectivity index (χ1n) is 9.93. The predicted molar refractivity (Wildman–Crippen MR) is 107 cm³/mol. The fraction of sp³-hybridized carbons (Fsp3) is 0.500. The number of nitrogens with zero attached hydrogens (tertiary/aromatic N) is 3. The van der Waals surface area contributed by atoms with E-state index in [1.165, 1.54) is 0 Å². The monoisotopic (exact) mass is 436 g/mol. The van der Waals surface area contributed by atoms with Gasteiger partial charge in [0.2, 0.25) is 16.0 Å². The van der Waals surface area contributed by atoms with Gasteiger partial charge in [-0.2, -0.15) is 8.78 Å². The highest BCUT2D eigenvalue weighted by molar-refractivity contribution is 7.88. The Kier molecular flexibility index (Phi) is 4.31. The summed E-state index contributed by atoms with van der Waals surface area (Å²) in [5.41, 5.74) is 2.17. The first-order valence-corrected chi connectivity index (χ1v) is 11.8. The Bertz CT molecular complexity index is 1140. The molecule has 1 N–H and O–H groups in total. The largest absolute Gasteiger partial charge is 0.491 e. The van der Waals surface area contributed by atoms with Crippen LogP contribution in [0.4, 0.5) is 14.7 Å². The molecule has 0 saturated carbocycles. The first kappa shape index (κ1) is 19.6. The highest BCUT2D eigenvalue weighted by atomic mass is 32.2. The summed E-state index contributed by atoms with van der Waals surface area (Å²) in [6.45, 7) is 2.95. The molecule has 5 rings (SSSR count). The summed E-state index contributed by atoms with van der Waals surface area (Å²) in [7, 11) is -3.39. The second kappa shape index (κ2) is 6.58. The lowest BCUT2D eigenvalue weighted by Gasteiger charge is -2.39. The lowest BCUT2D eigenvalue weighted by Crippen LogP contribution is -2.47. The minimum atomic E-state index is -3.39. The van der Waals surface area contributed by atoms with Gasteiger partial charge in [0.05, 0.1) is 18.0 Å². The Morgan fingerprint density at radius 3 is 2.77 bits per heavy atom. The van der Waals surface area contributed by atoms with Crippen LogP contribution in [-0.2, 0) is 22.4 Å². The molecule has 7 nitrogen and oxygen atoms in total. The Labute approximate surface area is 173 Å². The molecule has 1 aromatic carbocycles. The number of benzene rings is 1. The molecule has 3 aliphatic rings. The Morgan fingerprint density at radius 1 is 1.30 bits per heavy atom. The van der Waals surface area contributed by atoms with Crippen LogP contribution in [0.2, 0.25) is 0 Å². The maximum Gasteiger partial charge on any atom is 0.290 e. The van der Waals surface area contributed by atoms with Crippen LogP contribution < -0.4 is 14.4 Å². The van der Waals surface area contributed by atoms with E-state index in [2.05, 4.69) is 14.7 Å². The molecule has 10 heteroatoms. The molecule has 1 unspecified atom stereocenters. The van der Waals surface area contributed by atoms with E-state index in [1.54, 1.807) is 18.2 Å². The van der Waals surface area contributed by atoms with Crippen molar-refractivity contribution in [2.45, 2.75) is 44.2 Å². The van der Waals surface area contributed by atoms with Gasteiger partial charge >= 0.3 is 0 Å². The number of nitrogens with one attached hydrogen (secondary N) is 1. The number of hydrogen-bond donors (Lipinski definition) is 1. The zero-order chi connectivity index (χ0) is 21.3. The predicted octanol–water partition coefficient (Wildman–Crippen LogP) is 2.76. The molecule has 0 amide bonds. The summed E-state index contributed by atoms with van der Waals surface area (Å²) in [5.74, 6) is -2.10. The second-order valence-corrected chi connectivity index (χ2v) is 10.0. The molecule has 1 aliphatic carbocycles.